The highest BCUT2D eigenvalue weighted by Gasteiger charge is 2.33. The first-order valence-electron chi connectivity index (χ1n) is 19.2. The molecule has 0 radical (unpaired) electrons. The highest BCUT2D eigenvalue weighted by atomic mass is 35.5. The third kappa shape index (κ3) is 7.95. The van der Waals surface area contributed by atoms with Crippen LogP contribution in [0.25, 0.3) is 53.3 Å². The fourth-order valence-corrected chi connectivity index (χ4v) is 10.3. The third-order valence-electron chi connectivity index (χ3n) is 10.1. The fourth-order valence-electron chi connectivity index (χ4n) is 7.24. The second-order valence-corrected chi connectivity index (χ2v) is 17.9. The highest BCUT2D eigenvalue weighted by Crippen LogP contribution is 2.48. The maximum Gasteiger partial charge on any atom is 0.258 e. The number of benzene rings is 6. The lowest BCUT2D eigenvalue weighted by molar-refractivity contribution is 0.0976. The normalized spacial score (nSPS) is 13.3. The first kappa shape index (κ1) is 40.6. The number of rotatable bonds is 8. The number of hydrogen-bond acceptors (Lipinski definition) is 7. The molecule has 3 N–H and O–H groups in total. The zero-order chi connectivity index (χ0) is 43.2. The molecule has 0 saturated heterocycles. The number of anilines is 1. The van der Waals surface area contributed by atoms with Crippen LogP contribution in [-0.4, -0.2) is 38.4 Å². The zero-order valence-corrected chi connectivity index (χ0v) is 36.9. The number of para-hydroxylation sites is 2. The summed E-state index contributed by atoms with van der Waals surface area (Å²) in [5.41, 5.74) is 5.98. The molecule has 1 aliphatic heterocycles. The second kappa shape index (κ2) is 17.0. The van der Waals surface area contributed by atoms with Crippen molar-refractivity contribution in [3.05, 3.63) is 187 Å². The van der Waals surface area contributed by atoms with E-state index in [4.69, 9.17) is 66.4 Å². The van der Waals surface area contributed by atoms with Gasteiger partial charge in [-0.15, -0.1) is 22.7 Å². The number of nitrogens with one attached hydrogen (secondary N) is 3. The molecule has 9 aromatic rings. The van der Waals surface area contributed by atoms with Gasteiger partial charge in [-0.3, -0.25) is 9.59 Å². The number of fused-ring (bicyclic) bond motifs is 2. The van der Waals surface area contributed by atoms with Gasteiger partial charge in [-0.05, 0) is 71.8 Å². The van der Waals surface area contributed by atoms with E-state index in [1.54, 1.807) is 24.3 Å². The van der Waals surface area contributed by atoms with Gasteiger partial charge in [0.25, 0.3) is 11.8 Å². The zero-order valence-electron chi connectivity index (χ0n) is 32.3. The Morgan fingerprint density at radius 2 is 1.08 bits per heavy atom. The predicted octanol–water partition coefficient (Wildman–Crippen LogP) is 13.9. The number of thiazole rings is 2. The summed E-state index contributed by atoms with van der Waals surface area (Å²) in [5, 5.41) is 8.51. The van der Waals surface area contributed by atoms with Crippen LogP contribution in [0.2, 0.25) is 20.1 Å². The molecule has 3 aromatic heterocycles. The van der Waals surface area contributed by atoms with Crippen LogP contribution in [0.1, 0.15) is 31.3 Å². The fraction of sp³-hybridized carbons (Fsp3) is 0. The van der Waals surface area contributed by atoms with Crippen LogP contribution in [0.3, 0.4) is 0 Å². The van der Waals surface area contributed by atoms with Gasteiger partial charge in [-0.25, -0.2) is 20.0 Å². The average molecular weight is 940 g/mol. The summed E-state index contributed by atoms with van der Waals surface area (Å²) in [6.07, 6.45) is 0. The molecule has 0 saturated carbocycles. The average Bonchev–Trinajstić information content (AvgIpc) is 4.07. The molecule has 2 amide bonds. The lowest BCUT2D eigenvalue weighted by Gasteiger charge is -2.10. The molecule has 0 fully saturated rings. The van der Waals surface area contributed by atoms with E-state index in [1.807, 2.05) is 109 Å². The topological polar surface area (TPSA) is 124 Å². The van der Waals surface area contributed by atoms with E-state index in [1.165, 1.54) is 34.8 Å². The van der Waals surface area contributed by atoms with Crippen molar-refractivity contribution in [1.82, 2.24) is 20.3 Å². The van der Waals surface area contributed by atoms with E-state index in [9.17, 15) is 9.59 Å². The molecular weight excluding hydrogens is 913 g/mol. The van der Waals surface area contributed by atoms with E-state index >= 15 is 0 Å². The molecule has 6 aromatic carbocycles. The number of amidine groups is 2. The van der Waals surface area contributed by atoms with Gasteiger partial charge in [-0.1, -0.05) is 131 Å². The van der Waals surface area contributed by atoms with Gasteiger partial charge < -0.3 is 15.6 Å². The Bertz CT molecular complexity index is 3330. The standard InChI is InChI=1S/C48H27Cl4N7O2S2/c49-27-19-21-29(31(51)23-27)45(60)58-43-39(47-53-33-15-7-9-17-35(33)62-47)37(25-11-3-1-4-12-25)41(56-43)55-42-38(26-13-5-2-6-14-26)40(48-54-34-16-8-10-18-36(34)63-48)44(57-42)59-46(61)30-22-20-28(50)24-32(30)52/h1-24,56H,(H,58,60)(H,55,57,59,61). The van der Waals surface area contributed by atoms with Crippen molar-refractivity contribution in [3.63, 3.8) is 0 Å². The minimum absolute atomic E-state index is 0.178. The minimum atomic E-state index is -0.503. The first-order chi connectivity index (χ1) is 30.7. The van der Waals surface area contributed by atoms with E-state index in [2.05, 4.69) is 15.6 Å². The van der Waals surface area contributed by atoms with Crippen LogP contribution in [0.5, 0.6) is 0 Å². The Hall–Kier alpha value is -6.44. The Balaban J connectivity index is 1.23. The smallest absolute Gasteiger partial charge is 0.258 e. The number of H-pyrrole nitrogens is 1. The summed E-state index contributed by atoms with van der Waals surface area (Å²) >= 11 is 28.5. The highest BCUT2D eigenvalue weighted by molar-refractivity contribution is 7.21. The lowest BCUT2D eigenvalue weighted by Crippen LogP contribution is -2.30. The van der Waals surface area contributed by atoms with Gasteiger partial charge in [0.1, 0.15) is 27.5 Å². The largest absolute Gasteiger partial charge is 0.325 e. The second-order valence-electron chi connectivity index (χ2n) is 14.1. The molecule has 15 heteroatoms. The maximum absolute atomic E-state index is 14.1. The van der Waals surface area contributed by atoms with Crippen LogP contribution in [0.15, 0.2) is 156 Å². The van der Waals surface area contributed by atoms with Crippen LogP contribution in [-0.2, 0) is 0 Å². The molecule has 0 spiro atoms. The third-order valence-corrected chi connectivity index (χ3v) is 13.3. The number of carbonyl (C=O) groups is 2. The molecule has 0 atom stereocenters. The predicted molar refractivity (Wildman–Crippen MR) is 261 cm³/mol. The van der Waals surface area contributed by atoms with Crippen LogP contribution < -0.4 is 10.6 Å². The molecule has 1 aliphatic rings. The Morgan fingerprint density at radius 3 is 1.67 bits per heavy atom. The van der Waals surface area contributed by atoms with Gasteiger partial charge in [0, 0.05) is 21.2 Å². The molecule has 306 valence electrons. The van der Waals surface area contributed by atoms with Crippen molar-refractivity contribution in [3.8, 4) is 21.7 Å². The number of hydrogen-bond donors (Lipinski definition) is 3. The summed E-state index contributed by atoms with van der Waals surface area (Å²) < 4.78 is 1.90. The van der Waals surface area contributed by atoms with Gasteiger partial charge in [-0.2, -0.15) is 0 Å². The van der Waals surface area contributed by atoms with E-state index < -0.39 is 11.8 Å². The number of aromatic nitrogens is 3. The van der Waals surface area contributed by atoms with Crippen molar-refractivity contribution in [2.24, 2.45) is 9.98 Å². The van der Waals surface area contributed by atoms with Crippen molar-refractivity contribution in [1.29, 1.82) is 0 Å². The van der Waals surface area contributed by atoms with Crippen molar-refractivity contribution < 1.29 is 9.59 Å². The summed E-state index contributed by atoms with van der Waals surface area (Å²) in [4.78, 5) is 52.2. The van der Waals surface area contributed by atoms with Crippen molar-refractivity contribution in [2.75, 3.05) is 5.32 Å². The van der Waals surface area contributed by atoms with Gasteiger partial charge in [0.15, 0.2) is 5.84 Å². The lowest BCUT2D eigenvalue weighted by atomic mass is 10.00. The molecule has 63 heavy (non-hydrogen) atoms. The summed E-state index contributed by atoms with van der Waals surface area (Å²) in [6, 6.07) is 44.4. The molecular formula is C48H27Cl4N7O2S2. The summed E-state index contributed by atoms with van der Waals surface area (Å²) in [6.45, 7) is 0. The van der Waals surface area contributed by atoms with Crippen molar-refractivity contribution >= 4 is 136 Å². The van der Waals surface area contributed by atoms with Crippen LogP contribution >= 0.6 is 69.1 Å². The number of aliphatic imine (C=N–C) groups is 2. The summed E-state index contributed by atoms with van der Waals surface area (Å²) in [7, 11) is 0. The SMILES string of the molecule is O=C(NC1=NC(=Nc2[nH]c(NC(=O)c3ccc(Cl)cc3Cl)c(-c3nc4ccccc4s3)c2-c2ccccc2)C(c2ccccc2)=C1c1nc2ccccc2s1)c1ccc(Cl)cc1Cl. The van der Waals surface area contributed by atoms with Crippen molar-refractivity contribution in [2.45, 2.75) is 0 Å². The summed E-state index contributed by atoms with van der Waals surface area (Å²) in [5.74, 6) is 0.182. The quantitative estimate of drug-likeness (QED) is 0.140. The van der Waals surface area contributed by atoms with E-state index in [0.717, 1.165) is 31.6 Å². The molecule has 0 aliphatic carbocycles. The van der Waals surface area contributed by atoms with Crippen LogP contribution in [0, 0.1) is 0 Å². The Labute approximate surface area is 387 Å². The van der Waals surface area contributed by atoms with Gasteiger partial charge >= 0.3 is 0 Å². The van der Waals surface area contributed by atoms with E-state index in [0.29, 0.717) is 54.0 Å². The van der Waals surface area contributed by atoms with Gasteiger partial charge in [0.2, 0.25) is 0 Å². The molecule has 10 rings (SSSR count). The number of halogens is 4. The van der Waals surface area contributed by atoms with E-state index in [-0.39, 0.29) is 32.8 Å². The Morgan fingerprint density at radius 1 is 0.556 bits per heavy atom. The Kier molecular flexibility index (Phi) is 11.0. The molecule has 9 nitrogen and oxygen atoms in total. The molecule has 0 unspecified atom stereocenters. The number of carbonyl (C=O) groups excluding carboxylic acids is 2. The monoisotopic (exact) mass is 937 g/mol. The minimum Gasteiger partial charge on any atom is -0.325 e. The molecule has 0 bridgehead atoms. The molecule has 4 heterocycles. The van der Waals surface area contributed by atoms with Crippen LogP contribution in [0.4, 0.5) is 11.6 Å². The first-order valence-corrected chi connectivity index (χ1v) is 22.4. The number of aromatic amines is 1. The number of nitrogens with zero attached hydrogens (tertiary/aromatic N) is 4. The number of amides is 2. The maximum atomic E-state index is 14.1. The van der Waals surface area contributed by atoms with Gasteiger partial charge in [0.05, 0.1) is 52.7 Å².